The lowest BCUT2D eigenvalue weighted by atomic mass is 9.93. The number of rotatable bonds is 4. The molecular weight excluding hydrogens is 226 g/mol. The van der Waals surface area contributed by atoms with Crippen LogP contribution in [0, 0.1) is 0 Å². The molecule has 1 aromatic carbocycles. The number of nitrogens with zero attached hydrogens (tertiary/aromatic N) is 1. The largest absolute Gasteiger partial charge is 0.478 e. The molecule has 18 heavy (non-hydrogen) atoms. The van der Waals surface area contributed by atoms with Crippen LogP contribution in [0.5, 0.6) is 0 Å². The molecule has 3 heteroatoms. The minimum absolute atomic E-state index is 0.482. The number of hydrogen-bond donors (Lipinski definition) is 1. The summed E-state index contributed by atoms with van der Waals surface area (Å²) in [6.07, 6.45) is 3.25. The maximum Gasteiger partial charge on any atom is 0.335 e. The summed E-state index contributed by atoms with van der Waals surface area (Å²) in [7, 11) is 0. The highest BCUT2D eigenvalue weighted by Crippen LogP contribution is 2.24. The van der Waals surface area contributed by atoms with Gasteiger partial charge in [-0.25, -0.2) is 4.79 Å². The maximum atomic E-state index is 11.2. The third-order valence-electron chi connectivity index (χ3n) is 3.86. The van der Waals surface area contributed by atoms with Gasteiger partial charge in [-0.3, -0.25) is 4.90 Å². The standard InChI is InChI=1S/C15H21NO2/c1-3-5-11(2)16-9-8-13-12(10-16)6-4-7-14(13)15(17)18/h4,6-7,11H,3,5,8-10H2,1-2H3,(H,17,18). The van der Waals surface area contributed by atoms with Crippen LogP contribution in [0.4, 0.5) is 0 Å². The molecule has 98 valence electrons. The topological polar surface area (TPSA) is 40.5 Å². The van der Waals surface area contributed by atoms with Gasteiger partial charge in [0, 0.05) is 19.1 Å². The fourth-order valence-corrected chi connectivity index (χ4v) is 2.81. The van der Waals surface area contributed by atoms with Crippen molar-refractivity contribution < 1.29 is 9.90 Å². The van der Waals surface area contributed by atoms with Crippen molar-refractivity contribution in [1.29, 1.82) is 0 Å². The summed E-state index contributed by atoms with van der Waals surface area (Å²) in [5.74, 6) is -0.804. The molecule has 0 saturated carbocycles. The number of carboxylic acid groups (broad SMARTS) is 1. The van der Waals surface area contributed by atoms with Crippen LogP contribution in [0.3, 0.4) is 0 Å². The molecule has 0 amide bonds. The Kier molecular flexibility index (Phi) is 4.02. The Morgan fingerprint density at radius 3 is 2.94 bits per heavy atom. The second kappa shape index (κ2) is 5.53. The molecule has 2 rings (SSSR count). The SMILES string of the molecule is CCCC(C)N1CCc2c(cccc2C(=O)O)C1. The van der Waals surface area contributed by atoms with Crippen molar-refractivity contribution in [3.05, 3.63) is 34.9 Å². The van der Waals surface area contributed by atoms with Crippen molar-refractivity contribution in [2.24, 2.45) is 0 Å². The van der Waals surface area contributed by atoms with Gasteiger partial charge in [0.25, 0.3) is 0 Å². The highest BCUT2D eigenvalue weighted by molar-refractivity contribution is 5.89. The van der Waals surface area contributed by atoms with Crippen molar-refractivity contribution in [1.82, 2.24) is 4.90 Å². The van der Waals surface area contributed by atoms with E-state index < -0.39 is 5.97 Å². The minimum atomic E-state index is -0.804. The van der Waals surface area contributed by atoms with Gasteiger partial charge >= 0.3 is 5.97 Å². The first-order chi connectivity index (χ1) is 8.63. The van der Waals surface area contributed by atoms with E-state index in [-0.39, 0.29) is 0 Å². The Morgan fingerprint density at radius 2 is 2.28 bits per heavy atom. The molecule has 0 aromatic heterocycles. The second-order valence-corrected chi connectivity index (χ2v) is 5.11. The normalized spacial score (nSPS) is 17.2. The Balaban J connectivity index is 2.20. The van der Waals surface area contributed by atoms with Crippen LogP contribution in [-0.2, 0) is 13.0 Å². The first-order valence-corrected chi connectivity index (χ1v) is 6.71. The quantitative estimate of drug-likeness (QED) is 0.889. The van der Waals surface area contributed by atoms with Crippen LogP contribution >= 0.6 is 0 Å². The van der Waals surface area contributed by atoms with E-state index in [4.69, 9.17) is 0 Å². The van der Waals surface area contributed by atoms with Gasteiger partial charge in [0.2, 0.25) is 0 Å². The molecule has 1 unspecified atom stereocenters. The second-order valence-electron chi connectivity index (χ2n) is 5.11. The van der Waals surface area contributed by atoms with Crippen LogP contribution in [0.15, 0.2) is 18.2 Å². The Hall–Kier alpha value is -1.35. The molecule has 0 saturated heterocycles. The van der Waals surface area contributed by atoms with E-state index in [2.05, 4.69) is 24.8 Å². The summed E-state index contributed by atoms with van der Waals surface area (Å²) in [6, 6.07) is 6.21. The first kappa shape index (κ1) is 13.1. The fraction of sp³-hybridized carbons (Fsp3) is 0.533. The highest BCUT2D eigenvalue weighted by atomic mass is 16.4. The van der Waals surface area contributed by atoms with Gasteiger partial charge in [0.05, 0.1) is 5.56 Å². The molecule has 0 spiro atoms. The van der Waals surface area contributed by atoms with E-state index in [1.165, 1.54) is 18.4 Å². The Bertz CT molecular complexity index is 442. The first-order valence-electron chi connectivity index (χ1n) is 6.71. The van der Waals surface area contributed by atoms with Gasteiger partial charge < -0.3 is 5.11 Å². The predicted molar refractivity (Wildman–Crippen MR) is 71.9 cm³/mol. The lowest BCUT2D eigenvalue weighted by Crippen LogP contribution is -2.38. The van der Waals surface area contributed by atoms with E-state index in [0.717, 1.165) is 25.1 Å². The van der Waals surface area contributed by atoms with E-state index >= 15 is 0 Å². The molecule has 1 atom stereocenters. The third kappa shape index (κ3) is 2.56. The summed E-state index contributed by atoms with van der Waals surface area (Å²) in [6.45, 7) is 6.32. The lowest BCUT2D eigenvalue weighted by Gasteiger charge is -2.34. The zero-order valence-corrected chi connectivity index (χ0v) is 11.1. The zero-order valence-electron chi connectivity index (χ0n) is 11.1. The van der Waals surface area contributed by atoms with E-state index in [9.17, 15) is 9.90 Å². The van der Waals surface area contributed by atoms with Crippen molar-refractivity contribution in [2.75, 3.05) is 6.54 Å². The summed E-state index contributed by atoms with van der Waals surface area (Å²) in [4.78, 5) is 13.6. The average molecular weight is 247 g/mol. The molecule has 1 aliphatic rings. The summed E-state index contributed by atoms with van der Waals surface area (Å²) < 4.78 is 0. The summed E-state index contributed by atoms with van der Waals surface area (Å²) in [5, 5.41) is 9.19. The molecule has 1 heterocycles. The number of aromatic carboxylic acids is 1. The Labute approximate surface area is 108 Å². The van der Waals surface area contributed by atoms with Gasteiger partial charge in [-0.15, -0.1) is 0 Å². The molecular formula is C15H21NO2. The molecule has 1 N–H and O–H groups in total. The fourth-order valence-electron chi connectivity index (χ4n) is 2.81. The molecule has 1 aliphatic heterocycles. The van der Waals surface area contributed by atoms with Gasteiger partial charge in [0.15, 0.2) is 0 Å². The zero-order chi connectivity index (χ0) is 13.1. The van der Waals surface area contributed by atoms with E-state index in [1.54, 1.807) is 6.07 Å². The number of hydrogen-bond acceptors (Lipinski definition) is 2. The van der Waals surface area contributed by atoms with Gasteiger partial charge in [-0.2, -0.15) is 0 Å². The monoisotopic (exact) mass is 247 g/mol. The van der Waals surface area contributed by atoms with Crippen LogP contribution in [0.1, 0.15) is 48.2 Å². The number of fused-ring (bicyclic) bond motifs is 1. The molecule has 0 bridgehead atoms. The maximum absolute atomic E-state index is 11.2. The third-order valence-corrected chi connectivity index (χ3v) is 3.86. The van der Waals surface area contributed by atoms with Crippen LogP contribution in [0.25, 0.3) is 0 Å². The van der Waals surface area contributed by atoms with Crippen molar-refractivity contribution in [2.45, 2.75) is 45.7 Å². The van der Waals surface area contributed by atoms with Crippen LogP contribution in [0.2, 0.25) is 0 Å². The van der Waals surface area contributed by atoms with Crippen LogP contribution < -0.4 is 0 Å². The van der Waals surface area contributed by atoms with E-state index in [0.29, 0.717) is 11.6 Å². The summed E-state index contributed by atoms with van der Waals surface area (Å²) in [5.41, 5.74) is 2.70. The van der Waals surface area contributed by atoms with Crippen molar-refractivity contribution >= 4 is 5.97 Å². The molecule has 0 fully saturated rings. The van der Waals surface area contributed by atoms with Crippen molar-refractivity contribution in [3.63, 3.8) is 0 Å². The average Bonchev–Trinajstić information content (AvgIpc) is 2.37. The van der Waals surface area contributed by atoms with Crippen molar-refractivity contribution in [3.8, 4) is 0 Å². The van der Waals surface area contributed by atoms with Crippen LogP contribution in [-0.4, -0.2) is 28.6 Å². The Morgan fingerprint density at radius 1 is 1.50 bits per heavy atom. The lowest BCUT2D eigenvalue weighted by molar-refractivity contribution is 0.0694. The molecule has 0 aliphatic carbocycles. The number of carboxylic acids is 1. The van der Waals surface area contributed by atoms with Gasteiger partial charge in [-0.05, 0) is 37.0 Å². The smallest absolute Gasteiger partial charge is 0.335 e. The van der Waals surface area contributed by atoms with E-state index in [1.807, 2.05) is 6.07 Å². The molecule has 3 nitrogen and oxygen atoms in total. The number of carbonyl (C=O) groups is 1. The van der Waals surface area contributed by atoms with Gasteiger partial charge in [0.1, 0.15) is 0 Å². The minimum Gasteiger partial charge on any atom is -0.478 e. The number of benzene rings is 1. The predicted octanol–water partition coefficient (Wildman–Crippen LogP) is 2.93. The summed E-state index contributed by atoms with van der Waals surface area (Å²) >= 11 is 0. The molecule has 1 aromatic rings. The molecule has 0 radical (unpaired) electrons. The van der Waals surface area contributed by atoms with Gasteiger partial charge in [-0.1, -0.05) is 25.5 Å². The highest BCUT2D eigenvalue weighted by Gasteiger charge is 2.23.